The van der Waals surface area contributed by atoms with E-state index in [4.69, 9.17) is 32.7 Å². The number of benzene rings is 2. The van der Waals surface area contributed by atoms with Crippen LogP contribution < -0.4 is 10.1 Å². The van der Waals surface area contributed by atoms with E-state index in [2.05, 4.69) is 5.32 Å². The Morgan fingerprint density at radius 1 is 1.13 bits per heavy atom. The molecule has 0 aliphatic carbocycles. The first-order chi connectivity index (χ1) is 11.0. The van der Waals surface area contributed by atoms with Gasteiger partial charge in [0.25, 0.3) is 5.91 Å². The Morgan fingerprint density at radius 3 is 2.57 bits per heavy atom. The molecular formula is C17H17Cl2NO3. The molecule has 2 aromatic carbocycles. The van der Waals surface area contributed by atoms with Gasteiger partial charge in [0.05, 0.1) is 23.8 Å². The molecule has 0 aliphatic rings. The molecule has 1 amide bonds. The second kappa shape index (κ2) is 8.20. The molecule has 0 aliphatic heterocycles. The maximum absolute atomic E-state index is 12.4. The van der Waals surface area contributed by atoms with Crippen LogP contribution in [0, 0.1) is 0 Å². The highest BCUT2D eigenvalue weighted by Crippen LogP contribution is 2.26. The van der Waals surface area contributed by atoms with Gasteiger partial charge in [-0.15, -0.1) is 0 Å². The molecule has 0 spiro atoms. The summed E-state index contributed by atoms with van der Waals surface area (Å²) >= 11 is 11.8. The summed E-state index contributed by atoms with van der Waals surface area (Å²) in [6, 6.07) is 10.1. The first kappa shape index (κ1) is 17.6. The minimum Gasteiger partial charge on any atom is -0.496 e. The van der Waals surface area contributed by atoms with E-state index >= 15 is 0 Å². The van der Waals surface area contributed by atoms with Gasteiger partial charge in [-0.3, -0.25) is 4.79 Å². The molecule has 4 nitrogen and oxygen atoms in total. The van der Waals surface area contributed by atoms with Crippen molar-refractivity contribution in [1.82, 2.24) is 0 Å². The summed E-state index contributed by atoms with van der Waals surface area (Å²) in [6.07, 6.45) is 0. The Morgan fingerprint density at radius 2 is 1.91 bits per heavy atom. The second-order valence-electron chi connectivity index (χ2n) is 4.75. The van der Waals surface area contributed by atoms with Gasteiger partial charge < -0.3 is 14.8 Å². The quantitative estimate of drug-likeness (QED) is 0.811. The lowest BCUT2D eigenvalue weighted by Crippen LogP contribution is -2.12. The summed E-state index contributed by atoms with van der Waals surface area (Å²) in [7, 11) is 1.58. The number of hydrogen-bond donors (Lipinski definition) is 1. The minimum absolute atomic E-state index is 0.246. The SMILES string of the molecule is CCOCc1cc(C(=O)Nc2ccc(Cl)c(Cl)c2)ccc1OC. The average Bonchev–Trinajstić information content (AvgIpc) is 2.56. The third kappa shape index (κ3) is 4.61. The Balaban J connectivity index is 2.19. The van der Waals surface area contributed by atoms with Gasteiger partial charge in [0.1, 0.15) is 5.75 Å². The summed E-state index contributed by atoms with van der Waals surface area (Å²) in [5.41, 5.74) is 1.90. The van der Waals surface area contributed by atoms with E-state index in [9.17, 15) is 4.79 Å². The molecule has 0 unspecified atom stereocenters. The molecular weight excluding hydrogens is 337 g/mol. The van der Waals surface area contributed by atoms with Crippen LogP contribution in [0.3, 0.4) is 0 Å². The van der Waals surface area contributed by atoms with Crippen molar-refractivity contribution in [1.29, 1.82) is 0 Å². The van der Waals surface area contributed by atoms with Crippen molar-refractivity contribution in [2.45, 2.75) is 13.5 Å². The maximum Gasteiger partial charge on any atom is 0.255 e. The molecule has 0 saturated heterocycles. The Kier molecular flexibility index (Phi) is 6.28. The molecule has 0 bridgehead atoms. The Hall–Kier alpha value is -1.75. The van der Waals surface area contributed by atoms with Gasteiger partial charge >= 0.3 is 0 Å². The molecule has 0 saturated carbocycles. The molecule has 0 heterocycles. The van der Waals surface area contributed by atoms with Crippen LogP contribution in [0.15, 0.2) is 36.4 Å². The molecule has 2 aromatic rings. The number of methoxy groups -OCH3 is 1. The lowest BCUT2D eigenvalue weighted by Gasteiger charge is -2.11. The third-order valence-electron chi connectivity index (χ3n) is 3.18. The number of halogens is 2. The van der Waals surface area contributed by atoms with Crippen molar-refractivity contribution in [2.24, 2.45) is 0 Å². The topological polar surface area (TPSA) is 47.6 Å². The summed E-state index contributed by atoms with van der Waals surface area (Å²) in [5.74, 6) is 0.438. The van der Waals surface area contributed by atoms with Crippen molar-refractivity contribution in [2.75, 3.05) is 19.0 Å². The Bertz CT molecular complexity index is 704. The third-order valence-corrected chi connectivity index (χ3v) is 3.92. The smallest absolute Gasteiger partial charge is 0.255 e. The van der Waals surface area contributed by atoms with E-state index in [1.807, 2.05) is 6.92 Å². The number of ether oxygens (including phenoxy) is 2. The van der Waals surface area contributed by atoms with Crippen LogP contribution >= 0.6 is 23.2 Å². The lowest BCUT2D eigenvalue weighted by molar-refractivity contribution is 0.102. The van der Waals surface area contributed by atoms with Crippen molar-refractivity contribution in [3.8, 4) is 5.75 Å². The first-order valence-corrected chi connectivity index (χ1v) is 7.81. The van der Waals surface area contributed by atoms with Gasteiger partial charge in [-0.25, -0.2) is 0 Å². The molecule has 0 fully saturated rings. The number of hydrogen-bond acceptors (Lipinski definition) is 3. The number of nitrogens with one attached hydrogen (secondary N) is 1. The number of anilines is 1. The van der Waals surface area contributed by atoms with Crippen LogP contribution in [-0.2, 0) is 11.3 Å². The minimum atomic E-state index is -0.246. The zero-order valence-electron chi connectivity index (χ0n) is 12.9. The lowest BCUT2D eigenvalue weighted by atomic mass is 10.1. The van der Waals surface area contributed by atoms with Gasteiger partial charge in [-0.05, 0) is 43.3 Å². The fourth-order valence-corrected chi connectivity index (χ4v) is 2.32. The normalized spacial score (nSPS) is 10.4. The van der Waals surface area contributed by atoms with Crippen LogP contribution in [0.4, 0.5) is 5.69 Å². The van der Waals surface area contributed by atoms with E-state index < -0.39 is 0 Å². The van der Waals surface area contributed by atoms with Crippen molar-refractivity contribution < 1.29 is 14.3 Å². The summed E-state index contributed by atoms with van der Waals surface area (Å²) in [4.78, 5) is 12.4. The number of carbonyl (C=O) groups excluding carboxylic acids is 1. The largest absolute Gasteiger partial charge is 0.496 e. The predicted octanol–water partition coefficient (Wildman–Crippen LogP) is 4.79. The predicted molar refractivity (Wildman–Crippen MR) is 92.7 cm³/mol. The van der Waals surface area contributed by atoms with Crippen LogP contribution in [0.25, 0.3) is 0 Å². The van der Waals surface area contributed by atoms with Gasteiger partial charge in [0.2, 0.25) is 0 Å². The highest BCUT2D eigenvalue weighted by Gasteiger charge is 2.11. The summed E-state index contributed by atoms with van der Waals surface area (Å²) in [5, 5.41) is 3.61. The summed E-state index contributed by atoms with van der Waals surface area (Å²) in [6.45, 7) is 2.88. The van der Waals surface area contributed by atoms with Gasteiger partial charge in [0.15, 0.2) is 0 Å². The monoisotopic (exact) mass is 353 g/mol. The van der Waals surface area contributed by atoms with Crippen LogP contribution in [-0.4, -0.2) is 19.6 Å². The molecule has 0 radical (unpaired) electrons. The molecule has 122 valence electrons. The van der Waals surface area contributed by atoms with Gasteiger partial charge in [-0.2, -0.15) is 0 Å². The fourth-order valence-electron chi connectivity index (χ4n) is 2.02. The second-order valence-corrected chi connectivity index (χ2v) is 5.56. The molecule has 1 N–H and O–H groups in total. The van der Waals surface area contributed by atoms with Crippen molar-refractivity contribution in [3.05, 3.63) is 57.6 Å². The number of carbonyl (C=O) groups is 1. The Labute approximate surface area is 145 Å². The summed E-state index contributed by atoms with van der Waals surface area (Å²) < 4.78 is 10.7. The number of amides is 1. The molecule has 23 heavy (non-hydrogen) atoms. The standard InChI is InChI=1S/C17H17Cl2NO3/c1-3-23-10-12-8-11(4-7-16(12)22-2)17(21)20-13-5-6-14(18)15(19)9-13/h4-9H,3,10H2,1-2H3,(H,20,21). The van der Waals surface area contributed by atoms with E-state index in [1.54, 1.807) is 43.5 Å². The first-order valence-electron chi connectivity index (χ1n) is 7.06. The molecule has 2 rings (SSSR count). The average molecular weight is 354 g/mol. The molecule has 0 aromatic heterocycles. The van der Waals surface area contributed by atoms with Gasteiger partial charge in [0, 0.05) is 23.4 Å². The van der Waals surface area contributed by atoms with Crippen LogP contribution in [0.2, 0.25) is 10.0 Å². The fraction of sp³-hybridized carbons (Fsp3) is 0.235. The highest BCUT2D eigenvalue weighted by molar-refractivity contribution is 6.42. The van der Waals surface area contributed by atoms with E-state index in [1.165, 1.54) is 0 Å². The maximum atomic E-state index is 12.4. The van der Waals surface area contributed by atoms with Crippen LogP contribution in [0.5, 0.6) is 5.75 Å². The molecule has 0 atom stereocenters. The zero-order valence-corrected chi connectivity index (χ0v) is 14.4. The van der Waals surface area contributed by atoms with E-state index in [0.29, 0.717) is 40.3 Å². The zero-order chi connectivity index (χ0) is 16.8. The van der Waals surface area contributed by atoms with Crippen LogP contribution in [0.1, 0.15) is 22.8 Å². The van der Waals surface area contributed by atoms with Crippen molar-refractivity contribution in [3.63, 3.8) is 0 Å². The molecule has 6 heteroatoms. The van der Waals surface area contributed by atoms with E-state index in [-0.39, 0.29) is 5.91 Å². The van der Waals surface area contributed by atoms with E-state index in [0.717, 1.165) is 5.56 Å². The highest BCUT2D eigenvalue weighted by atomic mass is 35.5. The van der Waals surface area contributed by atoms with Gasteiger partial charge in [-0.1, -0.05) is 23.2 Å². The van der Waals surface area contributed by atoms with Crippen molar-refractivity contribution >= 4 is 34.8 Å². The number of rotatable bonds is 6.